The van der Waals surface area contributed by atoms with Crippen molar-refractivity contribution in [3.63, 3.8) is 0 Å². The number of carbonyl (C=O) groups excluding carboxylic acids is 2. The number of hydrogen-bond donors (Lipinski definition) is 0. The van der Waals surface area contributed by atoms with Gasteiger partial charge < -0.3 is 27.8 Å². The first-order valence-corrected chi connectivity index (χ1v) is 13.6. The van der Waals surface area contributed by atoms with Crippen molar-refractivity contribution in [2.24, 2.45) is 0 Å². The quantitative estimate of drug-likeness (QED) is 0.337. The number of aldehydes is 1. The van der Waals surface area contributed by atoms with E-state index in [-0.39, 0.29) is 11.5 Å². The van der Waals surface area contributed by atoms with Crippen LogP contribution in [-0.4, -0.2) is 46.0 Å². The molecule has 3 rings (SSSR count). The van der Waals surface area contributed by atoms with Gasteiger partial charge in [0.15, 0.2) is 32.6 Å². The van der Waals surface area contributed by atoms with Crippen LogP contribution in [0.25, 0.3) is 0 Å². The summed E-state index contributed by atoms with van der Waals surface area (Å²) in [6, 6.07) is 12.1. The lowest BCUT2D eigenvalue weighted by molar-refractivity contribution is -0.313. The van der Waals surface area contributed by atoms with Gasteiger partial charge >= 0.3 is 5.97 Å². The molecule has 0 unspecified atom stereocenters. The number of rotatable bonds is 7. The summed E-state index contributed by atoms with van der Waals surface area (Å²) < 4.78 is 29.9. The summed E-state index contributed by atoms with van der Waals surface area (Å²) in [5, 5.41) is -0.101. The first-order valence-electron chi connectivity index (χ1n) is 10.7. The normalized spacial score (nSPS) is 26.5. The molecule has 0 radical (unpaired) electrons. The molecule has 7 nitrogen and oxygen atoms in total. The summed E-state index contributed by atoms with van der Waals surface area (Å²) in [6.45, 7) is 10.6. The average molecular weight is 461 g/mol. The van der Waals surface area contributed by atoms with Crippen molar-refractivity contribution in [3.8, 4) is 0 Å². The molecule has 2 heterocycles. The van der Waals surface area contributed by atoms with Crippen molar-refractivity contribution in [1.29, 1.82) is 0 Å². The van der Waals surface area contributed by atoms with Gasteiger partial charge in [-0.25, -0.2) is 4.79 Å². The smallest absolute Gasteiger partial charge is 0.338 e. The second-order valence-corrected chi connectivity index (χ2v) is 14.3. The van der Waals surface area contributed by atoms with E-state index in [0.29, 0.717) is 17.6 Å². The van der Waals surface area contributed by atoms with Crippen molar-refractivity contribution in [3.05, 3.63) is 60.1 Å². The summed E-state index contributed by atoms with van der Waals surface area (Å²) in [5.74, 6) is -1.46. The maximum absolute atomic E-state index is 12.9. The maximum Gasteiger partial charge on any atom is 0.338 e. The third kappa shape index (κ3) is 4.88. The predicted octanol–water partition coefficient (Wildman–Crippen LogP) is 4.68. The molecule has 1 aliphatic heterocycles. The fourth-order valence-electron chi connectivity index (χ4n) is 3.49. The lowest BCUT2D eigenvalue weighted by Crippen LogP contribution is -2.59. The van der Waals surface area contributed by atoms with E-state index in [9.17, 15) is 9.59 Å². The number of benzene rings is 1. The van der Waals surface area contributed by atoms with Crippen molar-refractivity contribution < 1.29 is 32.6 Å². The Bertz CT molecular complexity index is 904. The Morgan fingerprint density at radius 2 is 1.84 bits per heavy atom. The molecule has 1 aromatic carbocycles. The zero-order valence-corrected chi connectivity index (χ0v) is 20.5. The molecule has 0 N–H and O–H groups in total. The Hall–Kier alpha value is -2.26. The highest BCUT2D eigenvalue weighted by Crippen LogP contribution is 2.44. The van der Waals surface area contributed by atoms with Gasteiger partial charge in [-0.15, -0.1) is 0 Å². The minimum atomic E-state index is -2.32. The minimum Gasteiger partial charge on any atom is -0.464 e. The highest BCUT2D eigenvalue weighted by molar-refractivity contribution is 6.74. The molecule has 1 aliphatic rings. The van der Waals surface area contributed by atoms with Gasteiger partial charge in [0.2, 0.25) is 5.79 Å². The number of hydrogen-bond acceptors (Lipinski definition) is 7. The Kier molecular flexibility index (Phi) is 7.09. The van der Waals surface area contributed by atoms with Gasteiger partial charge in [0.1, 0.15) is 0 Å². The number of carbonyl (C=O) groups is 2. The van der Waals surface area contributed by atoms with Crippen LogP contribution in [0.1, 0.15) is 43.3 Å². The summed E-state index contributed by atoms with van der Waals surface area (Å²) in [6.07, 6.45) is -0.344. The summed E-state index contributed by atoms with van der Waals surface area (Å²) in [4.78, 5) is 25.0. The standard InChI is InChI=1S/C24H32O7Si/c1-23(2,3)32(5,6)31-18-15-24(27-4,20-13-10-14-28-20)30-19(16-25)21(18)29-22(26)17-11-8-7-9-12-17/h7-14,16,18-19,21H,15H2,1-6H3/t18-,19-,21-,24-/m0/s1. The van der Waals surface area contributed by atoms with Crippen LogP contribution >= 0.6 is 0 Å². The number of ether oxygens (including phenoxy) is 3. The molecule has 0 spiro atoms. The molecule has 0 bridgehead atoms. The van der Waals surface area contributed by atoms with Crippen LogP contribution in [0.4, 0.5) is 0 Å². The highest BCUT2D eigenvalue weighted by atomic mass is 28.4. The topological polar surface area (TPSA) is 84.2 Å². The van der Waals surface area contributed by atoms with Crippen LogP contribution < -0.4 is 0 Å². The van der Waals surface area contributed by atoms with E-state index in [4.69, 9.17) is 23.1 Å². The van der Waals surface area contributed by atoms with Gasteiger partial charge in [-0.2, -0.15) is 0 Å². The lowest BCUT2D eigenvalue weighted by Gasteiger charge is -2.48. The van der Waals surface area contributed by atoms with Crippen LogP contribution in [0.2, 0.25) is 18.1 Å². The van der Waals surface area contributed by atoms with E-state index in [0.717, 1.165) is 0 Å². The van der Waals surface area contributed by atoms with E-state index in [1.165, 1.54) is 13.4 Å². The largest absolute Gasteiger partial charge is 0.464 e. The molecule has 4 atom stereocenters. The van der Waals surface area contributed by atoms with Crippen LogP contribution in [0.5, 0.6) is 0 Å². The first-order chi connectivity index (χ1) is 15.0. The zero-order valence-electron chi connectivity index (χ0n) is 19.5. The fraction of sp³-hybridized carbons (Fsp3) is 0.500. The molecular weight excluding hydrogens is 428 g/mol. The summed E-state index contributed by atoms with van der Waals surface area (Å²) >= 11 is 0. The second-order valence-electron chi connectivity index (χ2n) is 9.51. The molecule has 0 amide bonds. The molecule has 1 aromatic heterocycles. The van der Waals surface area contributed by atoms with E-state index in [2.05, 4.69) is 33.9 Å². The van der Waals surface area contributed by atoms with Crippen molar-refractivity contribution >= 4 is 20.6 Å². The van der Waals surface area contributed by atoms with Crippen molar-refractivity contribution in [2.45, 2.75) is 69.4 Å². The summed E-state index contributed by atoms with van der Waals surface area (Å²) in [5.41, 5.74) is 0.387. The van der Waals surface area contributed by atoms with Crippen LogP contribution in [-0.2, 0) is 29.2 Å². The molecule has 32 heavy (non-hydrogen) atoms. The Morgan fingerprint density at radius 1 is 1.16 bits per heavy atom. The van der Waals surface area contributed by atoms with Gasteiger partial charge in [-0.1, -0.05) is 39.0 Å². The molecule has 8 heteroatoms. The minimum absolute atomic E-state index is 0.101. The Labute approximate surface area is 190 Å². The van der Waals surface area contributed by atoms with Crippen LogP contribution in [0.15, 0.2) is 53.1 Å². The van der Waals surface area contributed by atoms with Gasteiger partial charge in [0.25, 0.3) is 0 Å². The SMILES string of the molecule is CO[C@@]1(c2ccco2)C[C@H](O[Si](C)(C)C(C)(C)C)[C@H](OC(=O)c2ccccc2)[C@H](C=O)O1. The van der Waals surface area contributed by atoms with Gasteiger partial charge in [-0.3, -0.25) is 0 Å². The van der Waals surface area contributed by atoms with E-state index in [1.54, 1.807) is 36.4 Å². The Morgan fingerprint density at radius 3 is 2.38 bits per heavy atom. The van der Waals surface area contributed by atoms with Crippen molar-refractivity contribution in [1.82, 2.24) is 0 Å². The van der Waals surface area contributed by atoms with Crippen molar-refractivity contribution in [2.75, 3.05) is 7.11 Å². The zero-order chi connectivity index (χ0) is 23.6. The summed E-state index contributed by atoms with van der Waals surface area (Å²) in [7, 11) is -0.826. The molecule has 174 valence electrons. The monoisotopic (exact) mass is 460 g/mol. The number of esters is 1. The van der Waals surface area contributed by atoms with Gasteiger partial charge in [0, 0.05) is 13.5 Å². The Balaban J connectivity index is 1.98. The van der Waals surface area contributed by atoms with E-state index in [1.807, 2.05) is 6.07 Å². The van der Waals surface area contributed by atoms with Crippen LogP contribution in [0.3, 0.4) is 0 Å². The highest BCUT2D eigenvalue weighted by Gasteiger charge is 2.54. The predicted molar refractivity (Wildman–Crippen MR) is 121 cm³/mol. The molecule has 2 aromatic rings. The van der Waals surface area contributed by atoms with E-state index < -0.39 is 38.4 Å². The second kappa shape index (κ2) is 9.31. The van der Waals surface area contributed by atoms with E-state index >= 15 is 0 Å². The molecule has 0 aliphatic carbocycles. The van der Waals surface area contributed by atoms with Gasteiger partial charge in [-0.05, 0) is 42.4 Å². The number of methoxy groups -OCH3 is 1. The molecule has 1 saturated heterocycles. The average Bonchev–Trinajstić information content (AvgIpc) is 3.30. The first kappa shape index (κ1) is 24.4. The third-order valence-corrected chi connectivity index (χ3v) is 10.9. The van der Waals surface area contributed by atoms with Crippen LogP contribution in [0, 0.1) is 0 Å². The van der Waals surface area contributed by atoms with Gasteiger partial charge in [0.05, 0.1) is 17.9 Å². The molecule has 1 fully saturated rings. The number of furan rings is 1. The molecular formula is C24H32O7Si. The lowest BCUT2D eigenvalue weighted by atomic mass is 9.94. The maximum atomic E-state index is 12.9. The fourth-order valence-corrected chi connectivity index (χ4v) is 4.82. The molecule has 0 saturated carbocycles. The third-order valence-electron chi connectivity index (χ3n) is 6.35.